The molecule has 2 aromatic carbocycles. The van der Waals surface area contributed by atoms with Gasteiger partial charge in [-0.2, -0.15) is 0 Å². The first-order valence-corrected chi connectivity index (χ1v) is 6.74. The molecule has 0 radical (unpaired) electrons. The Bertz CT molecular complexity index is 793. The summed E-state index contributed by atoms with van der Waals surface area (Å²) in [4.78, 5) is 10.4. The molecule has 0 bridgehead atoms. The summed E-state index contributed by atoms with van der Waals surface area (Å²) in [6.07, 6.45) is 0. The maximum Gasteiger partial charge on any atom is 0.270 e. The van der Waals surface area contributed by atoms with Gasteiger partial charge in [0.05, 0.1) is 4.92 Å². The number of nitro groups is 1. The van der Waals surface area contributed by atoms with Crippen LogP contribution in [0, 0.1) is 10.1 Å². The molecule has 1 atom stereocenters. The molecular formula is C14H12N2O2S. The third-order valence-corrected chi connectivity index (χ3v) is 4.33. The Morgan fingerprint density at radius 3 is 2.42 bits per heavy atom. The van der Waals surface area contributed by atoms with Crippen LogP contribution in [0.1, 0.15) is 18.5 Å². The number of hydrogen-bond acceptors (Lipinski definition) is 4. The highest BCUT2D eigenvalue weighted by Crippen LogP contribution is 2.36. The van der Waals surface area contributed by atoms with Gasteiger partial charge in [-0.15, -0.1) is 11.3 Å². The van der Waals surface area contributed by atoms with E-state index >= 15 is 0 Å². The van der Waals surface area contributed by atoms with Crippen molar-refractivity contribution in [2.45, 2.75) is 13.0 Å². The minimum absolute atomic E-state index is 0.0102. The van der Waals surface area contributed by atoms with Crippen molar-refractivity contribution in [3.63, 3.8) is 0 Å². The summed E-state index contributed by atoms with van der Waals surface area (Å²) in [5, 5.41) is 13.0. The van der Waals surface area contributed by atoms with Crippen LogP contribution in [0.3, 0.4) is 0 Å². The van der Waals surface area contributed by atoms with E-state index in [2.05, 4.69) is 6.07 Å². The summed E-state index contributed by atoms with van der Waals surface area (Å²) >= 11 is 1.56. The monoisotopic (exact) mass is 272 g/mol. The van der Waals surface area contributed by atoms with Gasteiger partial charge in [-0.25, -0.2) is 0 Å². The molecule has 0 saturated heterocycles. The number of benzene rings is 2. The number of rotatable bonds is 2. The Kier molecular flexibility index (Phi) is 2.73. The molecule has 1 aromatic heterocycles. The molecule has 1 unspecified atom stereocenters. The maximum absolute atomic E-state index is 10.8. The van der Waals surface area contributed by atoms with Crippen LogP contribution in [-0.4, -0.2) is 4.92 Å². The lowest BCUT2D eigenvalue weighted by Crippen LogP contribution is -2.03. The van der Waals surface area contributed by atoms with E-state index in [4.69, 9.17) is 5.73 Å². The zero-order valence-corrected chi connectivity index (χ0v) is 11.1. The molecule has 0 fully saturated rings. The number of thiophene rings is 1. The average Bonchev–Trinajstić information content (AvgIpc) is 2.74. The summed E-state index contributed by atoms with van der Waals surface area (Å²) in [6.45, 7) is 1.94. The van der Waals surface area contributed by atoms with Crippen LogP contribution in [0.5, 0.6) is 0 Å². The van der Waals surface area contributed by atoms with Crippen LogP contribution < -0.4 is 5.73 Å². The molecule has 5 heteroatoms. The zero-order chi connectivity index (χ0) is 13.6. The first-order valence-electron chi connectivity index (χ1n) is 5.92. The van der Waals surface area contributed by atoms with Crippen LogP contribution >= 0.6 is 11.3 Å². The first-order chi connectivity index (χ1) is 9.06. The van der Waals surface area contributed by atoms with Gasteiger partial charge >= 0.3 is 0 Å². The third-order valence-electron chi connectivity index (χ3n) is 3.22. The lowest BCUT2D eigenvalue weighted by molar-refractivity contribution is -0.384. The van der Waals surface area contributed by atoms with Crippen molar-refractivity contribution in [1.82, 2.24) is 0 Å². The molecule has 96 valence electrons. The van der Waals surface area contributed by atoms with Gasteiger partial charge in [0.1, 0.15) is 0 Å². The van der Waals surface area contributed by atoms with E-state index in [1.54, 1.807) is 23.5 Å². The SMILES string of the molecule is CC(N)c1ccc2c(c1)sc1cc([N+](=O)[O-])ccc12. The third kappa shape index (κ3) is 1.97. The molecule has 4 nitrogen and oxygen atoms in total. The number of non-ortho nitro benzene ring substituents is 1. The number of nitro benzene ring substituents is 1. The van der Waals surface area contributed by atoms with E-state index in [1.807, 2.05) is 25.1 Å². The topological polar surface area (TPSA) is 69.2 Å². The molecule has 2 N–H and O–H groups in total. The molecule has 3 aromatic rings. The van der Waals surface area contributed by atoms with Crippen molar-refractivity contribution in [3.05, 3.63) is 52.1 Å². The Balaban J connectivity index is 2.28. The van der Waals surface area contributed by atoms with E-state index in [0.717, 1.165) is 25.7 Å². The number of nitrogens with two attached hydrogens (primary N) is 1. The van der Waals surface area contributed by atoms with E-state index in [1.165, 1.54) is 0 Å². The normalized spacial score (nSPS) is 12.9. The van der Waals surface area contributed by atoms with Crippen LogP contribution in [0.4, 0.5) is 5.69 Å². The second kappa shape index (κ2) is 4.29. The van der Waals surface area contributed by atoms with Gasteiger partial charge in [0.25, 0.3) is 5.69 Å². The summed E-state index contributed by atoms with van der Waals surface area (Å²) in [6, 6.07) is 11.1. The molecule has 0 aliphatic rings. The highest BCUT2D eigenvalue weighted by Gasteiger charge is 2.11. The molecule has 0 saturated carbocycles. The molecular weight excluding hydrogens is 260 g/mol. The predicted molar refractivity (Wildman–Crippen MR) is 78.6 cm³/mol. The largest absolute Gasteiger partial charge is 0.324 e. The second-order valence-corrected chi connectivity index (χ2v) is 5.67. The van der Waals surface area contributed by atoms with Gasteiger partial charge < -0.3 is 5.73 Å². The quantitative estimate of drug-likeness (QED) is 0.566. The van der Waals surface area contributed by atoms with E-state index < -0.39 is 0 Å². The Morgan fingerprint density at radius 2 is 1.79 bits per heavy atom. The fraction of sp³-hybridized carbons (Fsp3) is 0.143. The van der Waals surface area contributed by atoms with Crippen molar-refractivity contribution in [2.75, 3.05) is 0 Å². The smallest absolute Gasteiger partial charge is 0.270 e. The lowest BCUT2D eigenvalue weighted by atomic mass is 10.1. The predicted octanol–water partition coefficient (Wildman–Crippen LogP) is 3.98. The Labute approximate surface area is 113 Å². The fourth-order valence-electron chi connectivity index (χ4n) is 2.18. The molecule has 0 amide bonds. The first kappa shape index (κ1) is 12.1. The zero-order valence-electron chi connectivity index (χ0n) is 10.3. The molecule has 0 aliphatic heterocycles. The van der Waals surface area contributed by atoms with Gasteiger partial charge in [0.2, 0.25) is 0 Å². The van der Waals surface area contributed by atoms with Crippen molar-refractivity contribution in [1.29, 1.82) is 0 Å². The van der Waals surface area contributed by atoms with Gasteiger partial charge in [-0.3, -0.25) is 10.1 Å². The molecule has 3 rings (SSSR count). The summed E-state index contributed by atoms with van der Waals surface area (Å²) in [5.74, 6) is 0. The van der Waals surface area contributed by atoms with Crippen LogP contribution in [0.25, 0.3) is 20.2 Å². The van der Waals surface area contributed by atoms with Crippen LogP contribution in [-0.2, 0) is 0 Å². The van der Waals surface area contributed by atoms with Crippen molar-refractivity contribution < 1.29 is 4.92 Å². The summed E-state index contributed by atoms with van der Waals surface area (Å²) < 4.78 is 2.05. The van der Waals surface area contributed by atoms with Crippen molar-refractivity contribution in [2.24, 2.45) is 5.73 Å². The molecule has 0 aliphatic carbocycles. The lowest BCUT2D eigenvalue weighted by Gasteiger charge is -2.04. The standard InChI is InChI=1S/C14H12N2O2S/c1-8(15)9-2-4-11-12-5-3-10(16(17)18)7-14(12)19-13(11)6-9/h2-8H,15H2,1H3. The highest BCUT2D eigenvalue weighted by atomic mass is 32.1. The molecule has 1 heterocycles. The minimum atomic E-state index is -0.364. The Hall–Kier alpha value is -1.98. The number of nitrogens with zero attached hydrogens (tertiary/aromatic N) is 1. The average molecular weight is 272 g/mol. The van der Waals surface area contributed by atoms with Gasteiger partial charge in [0.15, 0.2) is 0 Å². The van der Waals surface area contributed by atoms with Crippen LogP contribution in [0.15, 0.2) is 36.4 Å². The maximum atomic E-state index is 10.8. The van der Waals surface area contributed by atoms with E-state index in [9.17, 15) is 10.1 Å². The summed E-state index contributed by atoms with van der Waals surface area (Å²) in [7, 11) is 0. The van der Waals surface area contributed by atoms with E-state index in [-0.39, 0.29) is 16.7 Å². The highest BCUT2D eigenvalue weighted by molar-refractivity contribution is 7.25. The summed E-state index contributed by atoms with van der Waals surface area (Å²) in [5.41, 5.74) is 7.09. The number of hydrogen-bond donors (Lipinski definition) is 1. The Morgan fingerprint density at radius 1 is 1.16 bits per heavy atom. The van der Waals surface area contributed by atoms with Gasteiger partial charge in [-0.05, 0) is 24.6 Å². The van der Waals surface area contributed by atoms with Gasteiger partial charge in [-0.1, -0.05) is 12.1 Å². The number of fused-ring (bicyclic) bond motifs is 3. The van der Waals surface area contributed by atoms with Crippen LogP contribution in [0.2, 0.25) is 0 Å². The second-order valence-electron chi connectivity index (χ2n) is 4.58. The van der Waals surface area contributed by atoms with Crippen molar-refractivity contribution >= 4 is 37.2 Å². The fourth-order valence-corrected chi connectivity index (χ4v) is 3.37. The minimum Gasteiger partial charge on any atom is -0.324 e. The van der Waals surface area contributed by atoms with Gasteiger partial charge in [0, 0.05) is 38.3 Å². The van der Waals surface area contributed by atoms with Crippen molar-refractivity contribution in [3.8, 4) is 0 Å². The molecule has 0 spiro atoms. The molecule has 19 heavy (non-hydrogen) atoms. The van der Waals surface area contributed by atoms with E-state index in [0.29, 0.717) is 0 Å².